The van der Waals surface area contributed by atoms with Gasteiger partial charge in [-0.15, -0.1) is 0 Å². The first-order chi connectivity index (χ1) is 10.4. The topological polar surface area (TPSA) is 12.0 Å². The highest BCUT2D eigenvalue weighted by atomic mass is 14.9. The van der Waals surface area contributed by atoms with Crippen molar-refractivity contribution < 1.29 is 0 Å². The molecule has 21 heavy (non-hydrogen) atoms. The lowest BCUT2D eigenvalue weighted by molar-refractivity contribution is 0.340. The molecular formula is C20H33N. The van der Waals surface area contributed by atoms with Crippen LogP contribution >= 0.6 is 0 Å². The van der Waals surface area contributed by atoms with Gasteiger partial charge < -0.3 is 5.32 Å². The molecule has 1 fully saturated rings. The summed E-state index contributed by atoms with van der Waals surface area (Å²) in [6, 6.07) is 11.9. The first-order valence-corrected chi connectivity index (χ1v) is 9.18. The van der Waals surface area contributed by atoms with Crippen LogP contribution in [0.3, 0.4) is 0 Å². The average Bonchev–Trinajstić information content (AvgIpc) is 2.55. The molecule has 0 atom stereocenters. The minimum Gasteiger partial charge on any atom is -0.314 e. The van der Waals surface area contributed by atoms with E-state index in [2.05, 4.69) is 42.6 Å². The molecule has 118 valence electrons. The Morgan fingerprint density at radius 1 is 0.857 bits per heavy atom. The molecule has 1 heteroatoms. The third-order valence-corrected chi connectivity index (χ3v) is 4.96. The van der Waals surface area contributed by atoms with Crippen LogP contribution in [0.15, 0.2) is 30.3 Å². The van der Waals surface area contributed by atoms with Crippen LogP contribution in [0.2, 0.25) is 0 Å². The van der Waals surface area contributed by atoms with E-state index in [1.165, 1.54) is 70.8 Å². The van der Waals surface area contributed by atoms with Gasteiger partial charge in [-0.1, -0.05) is 69.4 Å². The first kappa shape index (κ1) is 16.5. The molecule has 1 N–H and O–H groups in total. The molecule has 1 aromatic carbocycles. The molecule has 0 aromatic heterocycles. The smallest absolute Gasteiger partial charge is 0.00674 e. The Balaban J connectivity index is 1.53. The van der Waals surface area contributed by atoms with Crippen LogP contribution in [0.4, 0.5) is 0 Å². The SMILES string of the molecule is CCCCCCCCNC1CCC(c2ccccc2)CC1. The normalized spacial score (nSPS) is 22.3. The largest absolute Gasteiger partial charge is 0.314 e. The number of hydrogen-bond donors (Lipinski definition) is 1. The summed E-state index contributed by atoms with van der Waals surface area (Å²) in [5.41, 5.74) is 1.55. The lowest BCUT2D eigenvalue weighted by atomic mass is 9.82. The molecule has 0 heterocycles. The van der Waals surface area contributed by atoms with Gasteiger partial charge in [0.25, 0.3) is 0 Å². The van der Waals surface area contributed by atoms with Gasteiger partial charge in [-0.2, -0.15) is 0 Å². The summed E-state index contributed by atoms with van der Waals surface area (Å²) in [6.07, 6.45) is 13.8. The van der Waals surface area contributed by atoms with Crippen LogP contribution < -0.4 is 5.32 Å². The zero-order chi connectivity index (χ0) is 14.8. The van der Waals surface area contributed by atoms with Crippen molar-refractivity contribution in [2.24, 2.45) is 0 Å². The number of unbranched alkanes of at least 4 members (excludes halogenated alkanes) is 5. The molecule has 1 aliphatic carbocycles. The third-order valence-electron chi connectivity index (χ3n) is 4.96. The second-order valence-corrected chi connectivity index (χ2v) is 6.68. The summed E-state index contributed by atoms with van der Waals surface area (Å²) in [4.78, 5) is 0. The molecule has 0 amide bonds. The quantitative estimate of drug-likeness (QED) is 0.578. The molecule has 0 saturated heterocycles. The van der Waals surface area contributed by atoms with Crippen LogP contribution in [-0.2, 0) is 0 Å². The third kappa shape index (κ3) is 6.22. The second kappa shape index (κ2) is 10.00. The molecular weight excluding hydrogens is 254 g/mol. The summed E-state index contributed by atoms with van der Waals surface area (Å²) >= 11 is 0. The summed E-state index contributed by atoms with van der Waals surface area (Å²) in [6.45, 7) is 3.51. The molecule has 0 unspecified atom stereocenters. The lowest BCUT2D eigenvalue weighted by Gasteiger charge is -2.29. The summed E-state index contributed by atoms with van der Waals surface area (Å²) in [5.74, 6) is 0.804. The fourth-order valence-electron chi connectivity index (χ4n) is 3.57. The molecule has 1 aliphatic rings. The Labute approximate surface area is 131 Å². The highest BCUT2D eigenvalue weighted by Crippen LogP contribution is 2.32. The van der Waals surface area contributed by atoms with E-state index >= 15 is 0 Å². The fourth-order valence-corrected chi connectivity index (χ4v) is 3.57. The summed E-state index contributed by atoms with van der Waals surface area (Å²) in [7, 11) is 0. The van der Waals surface area contributed by atoms with Gasteiger partial charge in [0, 0.05) is 6.04 Å². The molecule has 0 spiro atoms. The van der Waals surface area contributed by atoms with Gasteiger partial charge in [0.1, 0.15) is 0 Å². The van der Waals surface area contributed by atoms with Crippen molar-refractivity contribution >= 4 is 0 Å². The summed E-state index contributed by atoms with van der Waals surface area (Å²) in [5, 5.41) is 3.78. The fraction of sp³-hybridized carbons (Fsp3) is 0.700. The summed E-state index contributed by atoms with van der Waals surface area (Å²) < 4.78 is 0. The molecule has 1 saturated carbocycles. The highest BCUT2D eigenvalue weighted by molar-refractivity contribution is 5.20. The van der Waals surface area contributed by atoms with E-state index < -0.39 is 0 Å². The highest BCUT2D eigenvalue weighted by Gasteiger charge is 2.21. The Morgan fingerprint density at radius 2 is 1.52 bits per heavy atom. The monoisotopic (exact) mass is 287 g/mol. The van der Waals surface area contributed by atoms with Crippen LogP contribution in [0.5, 0.6) is 0 Å². The Hall–Kier alpha value is -0.820. The predicted molar refractivity (Wildman–Crippen MR) is 92.8 cm³/mol. The van der Waals surface area contributed by atoms with Gasteiger partial charge in [0.2, 0.25) is 0 Å². The maximum Gasteiger partial charge on any atom is 0.00674 e. The number of rotatable bonds is 9. The molecule has 0 aliphatic heterocycles. The minimum absolute atomic E-state index is 0.778. The van der Waals surface area contributed by atoms with Crippen molar-refractivity contribution in [3.05, 3.63) is 35.9 Å². The van der Waals surface area contributed by atoms with Crippen molar-refractivity contribution in [3.63, 3.8) is 0 Å². The van der Waals surface area contributed by atoms with Gasteiger partial charge in [0.05, 0.1) is 0 Å². The molecule has 0 bridgehead atoms. The van der Waals surface area contributed by atoms with Gasteiger partial charge in [-0.05, 0) is 50.1 Å². The average molecular weight is 287 g/mol. The Morgan fingerprint density at radius 3 is 2.24 bits per heavy atom. The second-order valence-electron chi connectivity index (χ2n) is 6.68. The van der Waals surface area contributed by atoms with E-state index in [1.54, 1.807) is 5.56 Å². The van der Waals surface area contributed by atoms with Crippen molar-refractivity contribution in [1.82, 2.24) is 5.32 Å². The lowest BCUT2D eigenvalue weighted by Crippen LogP contribution is -2.33. The van der Waals surface area contributed by atoms with Gasteiger partial charge in [-0.3, -0.25) is 0 Å². The standard InChI is InChI=1S/C20H33N/c1-2-3-4-5-6-10-17-21-20-15-13-19(14-16-20)18-11-8-7-9-12-18/h7-9,11-12,19-21H,2-6,10,13-17H2,1H3. The van der Waals surface area contributed by atoms with E-state index in [-0.39, 0.29) is 0 Å². The van der Waals surface area contributed by atoms with E-state index in [0.29, 0.717) is 0 Å². The van der Waals surface area contributed by atoms with Crippen molar-refractivity contribution in [2.75, 3.05) is 6.54 Å². The zero-order valence-electron chi connectivity index (χ0n) is 13.8. The van der Waals surface area contributed by atoms with E-state index in [4.69, 9.17) is 0 Å². The van der Waals surface area contributed by atoms with E-state index in [0.717, 1.165) is 12.0 Å². The van der Waals surface area contributed by atoms with Crippen molar-refractivity contribution in [3.8, 4) is 0 Å². The number of benzene rings is 1. The predicted octanol–water partition coefficient (Wildman–Crippen LogP) is 5.66. The van der Waals surface area contributed by atoms with Crippen molar-refractivity contribution in [1.29, 1.82) is 0 Å². The Kier molecular flexibility index (Phi) is 7.88. The molecule has 0 radical (unpaired) electrons. The van der Waals surface area contributed by atoms with Crippen LogP contribution in [0, 0.1) is 0 Å². The maximum atomic E-state index is 3.78. The Bertz CT molecular complexity index is 351. The van der Waals surface area contributed by atoms with Crippen LogP contribution in [-0.4, -0.2) is 12.6 Å². The van der Waals surface area contributed by atoms with E-state index in [9.17, 15) is 0 Å². The molecule has 1 nitrogen and oxygen atoms in total. The van der Waals surface area contributed by atoms with E-state index in [1.807, 2.05) is 0 Å². The zero-order valence-corrected chi connectivity index (χ0v) is 13.8. The number of hydrogen-bond acceptors (Lipinski definition) is 1. The molecule has 2 rings (SSSR count). The minimum atomic E-state index is 0.778. The number of nitrogens with one attached hydrogen (secondary N) is 1. The van der Waals surface area contributed by atoms with Crippen LogP contribution in [0.1, 0.15) is 82.6 Å². The van der Waals surface area contributed by atoms with Crippen LogP contribution in [0.25, 0.3) is 0 Å². The first-order valence-electron chi connectivity index (χ1n) is 9.18. The van der Waals surface area contributed by atoms with Gasteiger partial charge >= 0.3 is 0 Å². The van der Waals surface area contributed by atoms with Crippen molar-refractivity contribution in [2.45, 2.75) is 83.1 Å². The van der Waals surface area contributed by atoms with Gasteiger partial charge in [-0.25, -0.2) is 0 Å². The maximum absolute atomic E-state index is 3.78. The molecule has 1 aromatic rings. The van der Waals surface area contributed by atoms with Gasteiger partial charge in [0.15, 0.2) is 0 Å².